The van der Waals surface area contributed by atoms with Crippen LogP contribution in [0.3, 0.4) is 0 Å². The molecule has 0 heterocycles. The van der Waals surface area contributed by atoms with Crippen molar-refractivity contribution in [1.82, 2.24) is 0 Å². The van der Waals surface area contributed by atoms with Crippen LogP contribution >= 0.6 is 15.9 Å². The van der Waals surface area contributed by atoms with Gasteiger partial charge in [-0.3, -0.25) is 4.79 Å². The fourth-order valence-corrected chi connectivity index (χ4v) is 3.43. The van der Waals surface area contributed by atoms with Crippen molar-refractivity contribution in [2.24, 2.45) is 0 Å². The predicted octanol–water partition coefficient (Wildman–Crippen LogP) is 3.78. The van der Waals surface area contributed by atoms with Crippen molar-refractivity contribution in [1.29, 1.82) is 0 Å². The third-order valence-corrected chi connectivity index (χ3v) is 4.86. The molecule has 0 aromatic heterocycles. The van der Waals surface area contributed by atoms with Gasteiger partial charge in [-0.05, 0) is 35.4 Å². The van der Waals surface area contributed by atoms with E-state index in [9.17, 15) is 4.79 Å². The second-order valence-corrected chi connectivity index (χ2v) is 6.28. The van der Waals surface area contributed by atoms with Gasteiger partial charge in [0.1, 0.15) is 10.6 Å². The van der Waals surface area contributed by atoms with Crippen molar-refractivity contribution in [2.75, 3.05) is 28.4 Å². The minimum Gasteiger partial charge on any atom is -0.497 e. The number of ether oxygens (including phenoxy) is 4. The van der Waals surface area contributed by atoms with Crippen molar-refractivity contribution >= 4 is 21.9 Å². The normalized spacial score (nSPS) is 12.8. The van der Waals surface area contributed by atoms with Crippen molar-refractivity contribution in [3.63, 3.8) is 0 Å². The van der Waals surface area contributed by atoms with Gasteiger partial charge >= 0.3 is 5.97 Å². The SMILES string of the molecule is COC(=O)[C@@H](Br)[C@H](c1ccc(OC)cc1)c1ccc(OC)c(OC)c1. The summed E-state index contributed by atoms with van der Waals surface area (Å²) in [6.07, 6.45) is 0. The summed E-state index contributed by atoms with van der Waals surface area (Å²) in [5.74, 6) is 1.36. The Morgan fingerprint density at radius 3 is 1.96 bits per heavy atom. The van der Waals surface area contributed by atoms with Crippen LogP contribution in [-0.2, 0) is 9.53 Å². The monoisotopic (exact) mass is 408 g/mol. The zero-order valence-corrected chi connectivity index (χ0v) is 16.2. The van der Waals surface area contributed by atoms with Gasteiger partial charge in [-0.1, -0.05) is 34.1 Å². The lowest BCUT2D eigenvalue weighted by Crippen LogP contribution is -2.24. The Hall–Kier alpha value is -2.21. The van der Waals surface area contributed by atoms with E-state index in [2.05, 4.69) is 15.9 Å². The van der Waals surface area contributed by atoms with Crippen LogP contribution in [0.5, 0.6) is 17.2 Å². The summed E-state index contributed by atoms with van der Waals surface area (Å²) < 4.78 is 20.8. The number of halogens is 1. The number of esters is 1. The standard InChI is InChI=1S/C19H21BrO5/c1-22-14-8-5-12(6-9-14)17(18(20)19(21)25-4)13-7-10-15(23-2)16(11-13)24-3/h5-11,17-18H,1-4H3/t17-,18+/m1/s1. The van der Waals surface area contributed by atoms with E-state index < -0.39 is 4.83 Å². The van der Waals surface area contributed by atoms with E-state index in [0.29, 0.717) is 11.5 Å². The Kier molecular flexibility index (Phi) is 6.70. The molecule has 0 bridgehead atoms. The third-order valence-electron chi connectivity index (χ3n) is 3.96. The maximum Gasteiger partial charge on any atom is 0.320 e. The average Bonchev–Trinajstić information content (AvgIpc) is 2.67. The van der Waals surface area contributed by atoms with Crippen LogP contribution in [0.1, 0.15) is 17.0 Å². The van der Waals surface area contributed by atoms with Gasteiger partial charge in [0.05, 0.1) is 28.4 Å². The molecule has 134 valence electrons. The van der Waals surface area contributed by atoms with E-state index in [-0.39, 0.29) is 11.9 Å². The molecular formula is C19H21BrO5. The Balaban J connectivity index is 2.52. The molecule has 0 aliphatic rings. The number of carbonyl (C=O) groups is 1. The molecule has 0 amide bonds. The van der Waals surface area contributed by atoms with Crippen molar-refractivity contribution in [3.05, 3.63) is 53.6 Å². The molecule has 5 nitrogen and oxygen atoms in total. The van der Waals surface area contributed by atoms with Crippen LogP contribution in [-0.4, -0.2) is 39.2 Å². The van der Waals surface area contributed by atoms with Gasteiger partial charge in [0, 0.05) is 5.92 Å². The van der Waals surface area contributed by atoms with E-state index in [4.69, 9.17) is 18.9 Å². The molecule has 0 radical (unpaired) electrons. The summed E-state index contributed by atoms with van der Waals surface area (Å²) in [5, 5.41) is 0. The highest BCUT2D eigenvalue weighted by Crippen LogP contribution is 2.38. The summed E-state index contributed by atoms with van der Waals surface area (Å²) in [5.41, 5.74) is 1.84. The molecule has 2 aromatic rings. The Morgan fingerprint density at radius 1 is 0.840 bits per heavy atom. The highest BCUT2D eigenvalue weighted by atomic mass is 79.9. The lowest BCUT2D eigenvalue weighted by atomic mass is 9.88. The number of carbonyl (C=O) groups excluding carboxylic acids is 1. The summed E-state index contributed by atoms with van der Waals surface area (Å²) in [6.45, 7) is 0. The van der Waals surface area contributed by atoms with E-state index in [1.54, 1.807) is 21.3 Å². The van der Waals surface area contributed by atoms with E-state index in [1.807, 2.05) is 42.5 Å². The second kappa shape index (κ2) is 8.76. The predicted molar refractivity (Wildman–Crippen MR) is 99.1 cm³/mol. The highest BCUT2D eigenvalue weighted by Gasteiger charge is 2.30. The van der Waals surface area contributed by atoms with Gasteiger partial charge in [-0.25, -0.2) is 0 Å². The molecule has 0 N–H and O–H groups in total. The number of hydrogen-bond donors (Lipinski definition) is 0. The van der Waals surface area contributed by atoms with Gasteiger partial charge in [-0.15, -0.1) is 0 Å². The van der Waals surface area contributed by atoms with Crippen LogP contribution in [0.2, 0.25) is 0 Å². The molecular weight excluding hydrogens is 388 g/mol. The van der Waals surface area contributed by atoms with Crippen LogP contribution in [0.15, 0.2) is 42.5 Å². The molecule has 2 atom stereocenters. The summed E-state index contributed by atoms with van der Waals surface area (Å²) in [6, 6.07) is 13.2. The van der Waals surface area contributed by atoms with Crippen molar-refractivity contribution in [2.45, 2.75) is 10.7 Å². The molecule has 25 heavy (non-hydrogen) atoms. The maximum atomic E-state index is 12.2. The number of rotatable bonds is 7. The Labute approximate surface area is 156 Å². The Morgan fingerprint density at radius 2 is 1.44 bits per heavy atom. The first-order valence-electron chi connectivity index (χ1n) is 7.63. The molecule has 0 saturated carbocycles. The van der Waals surface area contributed by atoms with Crippen molar-refractivity contribution < 1.29 is 23.7 Å². The number of benzene rings is 2. The zero-order chi connectivity index (χ0) is 18.4. The smallest absolute Gasteiger partial charge is 0.320 e. The van der Waals surface area contributed by atoms with Gasteiger partial charge in [-0.2, -0.15) is 0 Å². The number of alkyl halides is 1. The largest absolute Gasteiger partial charge is 0.497 e. The molecule has 0 saturated heterocycles. The van der Waals surface area contributed by atoms with Crippen LogP contribution in [0, 0.1) is 0 Å². The van der Waals surface area contributed by atoms with Gasteiger partial charge in [0.15, 0.2) is 11.5 Å². The fourth-order valence-electron chi connectivity index (χ4n) is 2.64. The van der Waals surface area contributed by atoms with Gasteiger partial charge in [0.25, 0.3) is 0 Å². The van der Waals surface area contributed by atoms with Crippen molar-refractivity contribution in [3.8, 4) is 17.2 Å². The first kappa shape index (κ1) is 19.1. The molecule has 2 aromatic carbocycles. The van der Waals surface area contributed by atoms with E-state index in [1.165, 1.54) is 7.11 Å². The maximum absolute atomic E-state index is 12.2. The van der Waals surface area contributed by atoms with E-state index in [0.717, 1.165) is 16.9 Å². The molecule has 0 aliphatic carbocycles. The lowest BCUT2D eigenvalue weighted by Gasteiger charge is -2.23. The molecule has 2 rings (SSSR count). The van der Waals surface area contributed by atoms with Crippen LogP contribution in [0.4, 0.5) is 0 Å². The quantitative estimate of drug-likeness (QED) is 0.515. The third kappa shape index (κ3) is 4.25. The zero-order valence-electron chi connectivity index (χ0n) is 14.6. The summed E-state index contributed by atoms with van der Waals surface area (Å²) in [7, 11) is 6.15. The fraction of sp³-hybridized carbons (Fsp3) is 0.316. The lowest BCUT2D eigenvalue weighted by molar-refractivity contribution is -0.140. The molecule has 0 aliphatic heterocycles. The number of hydrogen-bond acceptors (Lipinski definition) is 5. The minimum absolute atomic E-state index is 0.266. The van der Waals surface area contributed by atoms with Crippen LogP contribution in [0.25, 0.3) is 0 Å². The average molecular weight is 409 g/mol. The minimum atomic E-state index is -0.552. The van der Waals surface area contributed by atoms with Gasteiger partial charge < -0.3 is 18.9 Å². The topological polar surface area (TPSA) is 54.0 Å². The molecule has 0 fully saturated rings. The molecule has 0 spiro atoms. The molecule has 6 heteroatoms. The molecule has 0 unspecified atom stereocenters. The highest BCUT2D eigenvalue weighted by molar-refractivity contribution is 9.10. The van der Waals surface area contributed by atoms with E-state index >= 15 is 0 Å². The summed E-state index contributed by atoms with van der Waals surface area (Å²) in [4.78, 5) is 11.6. The number of methoxy groups -OCH3 is 4. The Bertz CT molecular complexity index is 714. The summed E-state index contributed by atoms with van der Waals surface area (Å²) >= 11 is 3.48. The second-order valence-electron chi connectivity index (χ2n) is 5.29. The first-order chi connectivity index (χ1) is 12.0. The van der Waals surface area contributed by atoms with Crippen LogP contribution < -0.4 is 14.2 Å². The van der Waals surface area contributed by atoms with Gasteiger partial charge in [0.2, 0.25) is 0 Å². The first-order valence-corrected chi connectivity index (χ1v) is 8.55.